The van der Waals surface area contributed by atoms with Crippen LogP contribution < -0.4 is 0 Å². The van der Waals surface area contributed by atoms with Gasteiger partial charge >= 0.3 is 0 Å². The molecule has 3 heteroatoms. The molecule has 0 saturated carbocycles. The van der Waals surface area contributed by atoms with Gasteiger partial charge in [0.2, 0.25) is 0 Å². The van der Waals surface area contributed by atoms with Crippen molar-refractivity contribution in [3.8, 4) is 0 Å². The predicted octanol–water partition coefficient (Wildman–Crippen LogP) is 8.61. The number of hydrogen-bond acceptors (Lipinski definition) is 2. The first kappa shape index (κ1) is 28.5. The van der Waals surface area contributed by atoms with Crippen molar-refractivity contribution in [2.75, 3.05) is 30.5 Å². The zero-order valence-corrected chi connectivity index (χ0v) is 22.6. The summed E-state index contributed by atoms with van der Waals surface area (Å²) in [5.41, 5.74) is 0. The number of rotatable bonds is 21. The summed E-state index contributed by atoms with van der Waals surface area (Å²) < 4.78 is 11.8. The number of ether oxygens (including phenoxy) is 2. The topological polar surface area (TPSA) is 18.5 Å². The number of unbranched alkanes of at least 4 members (excludes halogenated alkanes) is 13. The number of hydrogen-bond donors (Lipinski definition) is 0. The van der Waals surface area contributed by atoms with Gasteiger partial charge < -0.3 is 9.47 Å². The van der Waals surface area contributed by atoms with Gasteiger partial charge in [-0.05, 0) is 75.1 Å². The molecule has 32 heavy (non-hydrogen) atoms. The van der Waals surface area contributed by atoms with Crippen molar-refractivity contribution in [2.24, 2.45) is 0 Å². The standard InChI is InChI=1S/C29H57O2S/c1-2-3-4-12-17-25-32(27-29-21-15-16-23-31-29)26-18-13-10-8-6-5-7-9-11-14-20-28-22-19-24-30-28/h28-29H,2-27H2,1H3/q+1. The first-order chi connectivity index (χ1) is 15.9. The maximum absolute atomic E-state index is 6.09. The molecule has 0 aromatic carbocycles. The lowest BCUT2D eigenvalue weighted by molar-refractivity contribution is 0.0311. The van der Waals surface area contributed by atoms with Crippen molar-refractivity contribution in [2.45, 2.75) is 154 Å². The van der Waals surface area contributed by atoms with Crippen LogP contribution in [0.4, 0.5) is 0 Å². The average molecular weight is 470 g/mol. The molecule has 2 aliphatic heterocycles. The summed E-state index contributed by atoms with van der Waals surface area (Å²) in [6.45, 7) is 4.35. The van der Waals surface area contributed by atoms with Gasteiger partial charge in [-0.15, -0.1) is 0 Å². The van der Waals surface area contributed by atoms with Crippen LogP contribution in [0.3, 0.4) is 0 Å². The summed E-state index contributed by atoms with van der Waals surface area (Å²) in [5, 5.41) is 0. The van der Waals surface area contributed by atoms with Crippen LogP contribution >= 0.6 is 0 Å². The molecule has 190 valence electrons. The molecule has 2 nitrogen and oxygen atoms in total. The van der Waals surface area contributed by atoms with Crippen molar-refractivity contribution < 1.29 is 9.47 Å². The molecule has 2 rings (SSSR count). The van der Waals surface area contributed by atoms with E-state index in [1.807, 2.05) is 0 Å². The quantitative estimate of drug-likeness (QED) is 0.124. The van der Waals surface area contributed by atoms with Crippen molar-refractivity contribution in [1.29, 1.82) is 0 Å². The molecule has 2 saturated heterocycles. The molecule has 2 fully saturated rings. The molecule has 0 N–H and O–H groups in total. The van der Waals surface area contributed by atoms with Gasteiger partial charge in [0.05, 0.1) is 6.10 Å². The Bertz CT molecular complexity index is 391. The largest absolute Gasteiger partial charge is 0.378 e. The average Bonchev–Trinajstić information content (AvgIpc) is 3.33. The molecule has 0 bridgehead atoms. The lowest BCUT2D eigenvalue weighted by atomic mass is 10.0. The third-order valence-electron chi connectivity index (χ3n) is 7.47. The van der Waals surface area contributed by atoms with Gasteiger partial charge in [0.25, 0.3) is 0 Å². The van der Waals surface area contributed by atoms with E-state index in [1.54, 1.807) is 0 Å². The Hall–Kier alpha value is 0.270. The second-order valence-corrected chi connectivity index (χ2v) is 12.9. The molecule has 3 atom stereocenters. The Morgan fingerprint density at radius 1 is 0.562 bits per heavy atom. The summed E-state index contributed by atoms with van der Waals surface area (Å²) in [6.07, 6.45) is 30.8. The minimum Gasteiger partial charge on any atom is -0.378 e. The Balaban J connectivity index is 1.41. The summed E-state index contributed by atoms with van der Waals surface area (Å²) in [4.78, 5) is 0. The van der Waals surface area contributed by atoms with Gasteiger partial charge in [0.1, 0.15) is 23.4 Å². The zero-order valence-electron chi connectivity index (χ0n) is 21.8. The van der Waals surface area contributed by atoms with E-state index in [0.717, 1.165) is 13.2 Å². The van der Waals surface area contributed by atoms with Crippen LogP contribution in [-0.2, 0) is 20.4 Å². The van der Waals surface area contributed by atoms with Crippen LogP contribution in [0.25, 0.3) is 0 Å². The van der Waals surface area contributed by atoms with Crippen molar-refractivity contribution in [3.05, 3.63) is 0 Å². The fourth-order valence-corrected chi connectivity index (χ4v) is 7.90. The second-order valence-electron chi connectivity index (χ2n) is 10.5. The van der Waals surface area contributed by atoms with Gasteiger partial charge in [-0.1, -0.05) is 77.6 Å². The highest BCUT2D eigenvalue weighted by Crippen LogP contribution is 2.20. The molecule has 3 unspecified atom stereocenters. The highest BCUT2D eigenvalue weighted by atomic mass is 32.2. The van der Waals surface area contributed by atoms with E-state index in [-0.39, 0.29) is 0 Å². The lowest BCUT2D eigenvalue weighted by Crippen LogP contribution is -2.30. The van der Waals surface area contributed by atoms with Gasteiger partial charge in [-0.2, -0.15) is 0 Å². The minimum atomic E-state index is 0.591. The van der Waals surface area contributed by atoms with Gasteiger partial charge in [0.15, 0.2) is 0 Å². The highest BCUT2D eigenvalue weighted by molar-refractivity contribution is 7.96. The zero-order chi connectivity index (χ0) is 22.5. The smallest absolute Gasteiger partial charge is 0.134 e. The summed E-state index contributed by atoms with van der Waals surface area (Å²) in [5.74, 6) is 4.34. The first-order valence-corrected chi connectivity index (χ1v) is 16.5. The van der Waals surface area contributed by atoms with Crippen LogP contribution in [-0.4, -0.2) is 42.7 Å². The molecule has 2 heterocycles. The van der Waals surface area contributed by atoms with Crippen LogP contribution in [0.2, 0.25) is 0 Å². The van der Waals surface area contributed by atoms with Crippen molar-refractivity contribution in [3.63, 3.8) is 0 Å². The highest BCUT2D eigenvalue weighted by Gasteiger charge is 2.25. The minimum absolute atomic E-state index is 0.591. The molecular formula is C29H57O2S+. The SMILES string of the molecule is CCCCCCC[S+](CCCCCCCCCCCCC1CCCO1)CC1CCCCO1. The van der Waals surface area contributed by atoms with Gasteiger partial charge in [0, 0.05) is 13.2 Å². The molecule has 0 amide bonds. The van der Waals surface area contributed by atoms with Gasteiger partial charge in [-0.3, -0.25) is 0 Å². The van der Waals surface area contributed by atoms with Gasteiger partial charge in [-0.25, -0.2) is 0 Å². The van der Waals surface area contributed by atoms with Crippen LogP contribution in [0.5, 0.6) is 0 Å². The van der Waals surface area contributed by atoms with Crippen LogP contribution in [0.1, 0.15) is 142 Å². The Labute approximate surface area is 204 Å². The van der Waals surface area contributed by atoms with Crippen molar-refractivity contribution >= 4 is 10.9 Å². The van der Waals surface area contributed by atoms with Crippen molar-refractivity contribution in [1.82, 2.24) is 0 Å². The van der Waals surface area contributed by atoms with Crippen LogP contribution in [0.15, 0.2) is 0 Å². The Morgan fingerprint density at radius 3 is 1.66 bits per heavy atom. The molecule has 0 aromatic heterocycles. The molecule has 2 aliphatic rings. The monoisotopic (exact) mass is 469 g/mol. The molecular weight excluding hydrogens is 412 g/mol. The normalized spacial score (nSPS) is 22.4. The molecule has 0 aliphatic carbocycles. The summed E-state index contributed by atoms with van der Waals surface area (Å²) >= 11 is 0. The molecule has 0 aromatic rings. The van der Waals surface area contributed by atoms with Crippen LogP contribution in [0, 0.1) is 0 Å². The van der Waals surface area contributed by atoms with E-state index >= 15 is 0 Å². The van der Waals surface area contributed by atoms with E-state index in [2.05, 4.69) is 6.92 Å². The second kappa shape index (κ2) is 20.6. The molecule has 0 radical (unpaired) electrons. The fraction of sp³-hybridized carbons (Fsp3) is 1.00. The van der Waals surface area contributed by atoms with E-state index < -0.39 is 0 Å². The van der Waals surface area contributed by atoms with E-state index in [0.29, 0.717) is 23.1 Å². The van der Waals surface area contributed by atoms with E-state index in [9.17, 15) is 0 Å². The van der Waals surface area contributed by atoms with E-state index in [1.165, 1.54) is 152 Å². The first-order valence-electron chi connectivity index (χ1n) is 14.8. The summed E-state index contributed by atoms with van der Waals surface area (Å²) in [7, 11) is 0.624. The molecule has 0 spiro atoms. The Morgan fingerprint density at radius 2 is 1.09 bits per heavy atom. The maximum atomic E-state index is 6.09. The summed E-state index contributed by atoms with van der Waals surface area (Å²) in [6, 6.07) is 0. The third kappa shape index (κ3) is 15.2. The van der Waals surface area contributed by atoms with E-state index in [4.69, 9.17) is 9.47 Å². The Kier molecular flexibility index (Phi) is 18.4. The third-order valence-corrected chi connectivity index (χ3v) is 10.0. The fourth-order valence-electron chi connectivity index (χ4n) is 5.34. The lowest BCUT2D eigenvalue weighted by Gasteiger charge is -2.22. The maximum Gasteiger partial charge on any atom is 0.134 e. The predicted molar refractivity (Wildman–Crippen MR) is 144 cm³/mol.